The van der Waals surface area contributed by atoms with Crippen molar-refractivity contribution in [3.8, 4) is 0 Å². The molecule has 3 aromatic carbocycles. The molecule has 0 atom stereocenters. The van der Waals surface area contributed by atoms with Gasteiger partial charge in [0.15, 0.2) is 15.6 Å². The van der Waals surface area contributed by atoms with Crippen LogP contribution in [-0.4, -0.2) is 15.6 Å². The molecule has 0 fully saturated rings. The molecular formula is C39H54ClNSi2. The maximum Gasteiger partial charge on any atom is 0.181 e. The number of fused-ring (bicyclic) bond motifs is 2. The van der Waals surface area contributed by atoms with Crippen LogP contribution in [0.2, 0.25) is 26.2 Å². The molecule has 0 unspecified atom stereocenters. The zero-order valence-corrected chi connectivity index (χ0v) is 31.8. The quantitative estimate of drug-likeness (QED) is 0.224. The van der Waals surface area contributed by atoms with Crippen LogP contribution >= 0.6 is 11.1 Å². The van der Waals surface area contributed by atoms with Crippen LogP contribution in [0.3, 0.4) is 0 Å². The first-order valence-corrected chi connectivity index (χ1v) is 22.9. The Kier molecular flexibility index (Phi) is 9.27. The lowest BCUT2D eigenvalue weighted by atomic mass is 9.85. The van der Waals surface area contributed by atoms with Gasteiger partial charge in [-0.2, -0.15) is 11.1 Å². The van der Waals surface area contributed by atoms with Gasteiger partial charge in [-0.1, -0.05) is 120 Å². The van der Waals surface area contributed by atoms with E-state index < -0.39 is 15.6 Å². The highest BCUT2D eigenvalue weighted by Gasteiger charge is 2.32. The van der Waals surface area contributed by atoms with E-state index in [0.29, 0.717) is 0 Å². The Morgan fingerprint density at radius 2 is 1.05 bits per heavy atom. The number of rotatable bonds is 4. The van der Waals surface area contributed by atoms with Gasteiger partial charge in [0.2, 0.25) is 0 Å². The van der Waals surface area contributed by atoms with Gasteiger partial charge < -0.3 is 4.98 Å². The summed E-state index contributed by atoms with van der Waals surface area (Å²) in [7, 11) is -3.61. The van der Waals surface area contributed by atoms with Crippen molar-refractivity contribution in [2.75, 3.05) is 4.98 Å². The molecule has 1 nitrogen and oxygen atoms in total. The average Bonchev–Trinajstić information content (AvgIpc) is 3.43. The van der Waals surface area contributed by atoms with Gasteiger partial charge in [-0.05, 0) is 113 Å². The molecule has 2 aliphatic carbocycles. The molecule has 43 heavy (non-hydrogen) atoms. The molecule has 1 N–H and O–H groups in total. The number of hydrogen-bond acceptors (Lipinski definition) is 1. The van der Waals surface area contributed by atoms with Crippen LogP contribution in [0.15, 0.2) is 59.7 Å². The van der Waals surface area contributed by atoms with Crippen LogP contribution in [0.5, 0.6) is 0 Å². The van der Waals surface area contributed by atoms with E-state index in [4.69, 9.17) is 11.1 Å². The van der Waals surface area contributed by atoms with Gasteiger partial charge in [0.05, 0.1) is 0 Å². The maximum absolute atomic E-state index is 6.73. The lowest BCUT2D eigenvalue weighted by Gasteiger charge is -2.31. The fourth-order valence-corrected chi connectivity index (χ4v) is 10.7. The summed E-state index contributed by atoms with van der Waals surface area (Å²) in [5, 5.41) is 2.99. The Morgan fingerprint density at radius 1 is 0.628 bits per heavy atom. The van der Waals surface area contributed by atoms with E-state index in [1.165, 1.54) is 55.4 Å². The molecule has 0 heterocycles. The van der Waals surface area contributed by atoms with E-state index in [2.05, 4.69) is 154 Å². The fraction of sp³-hybridized carbons (Fsp3) is 0.436. The molecule has 0 saturated heterocycles. The highest BCUT2D eigenvalue weighted by atomic mass is 35.6. The number of allylic oxidation sites excluding steroid dienone is 2. The lowest BCUT2D eigenvalue weighted by Crippen LogP contribution is -2.51. The van der Waals surface area contributed by atoms with Crippen molar-refractivity contribution in [1.82, 2.24) is 0 Å². The van der Waals surface area contributed by atoms with Crippen LogP contribution in [0.1, 0.15) is 94.3 Å². The molecule has 5 rings (SSSR count). The van der Waals surface area contributed by atoms with Crippen LogP contribution < -0.4 is 15.4 Å². The van der Waals surface area contributed by atoms with Gasteiger partial charge in [-0.25, -0.2) is 0 Å². The van der Waals surface area contributed by atoms with Crippen molar-refractivity contribution in [3.63, 3.8) is 0 Å². The standard InChI is InChI=1S/C23H31NSi.C16H23ClSi/c1-16-8-10-20(11-9-16)24-25(6,7)22-15-19(23(3,4)5)14-18-12-17(2)13-21(18)22;1-11-7-12-9-13(16(2,3)4)10-15(14(12)8-11)18(5,6)17/h8-12,14-15,24H,13H2,1-7H3;7,9-10H,8H2,1-6H3. The molecule has 0 aliphatic heterocycles. The summed E-state index contributed by atoms with van der Waals surface area (Å²) >= 11 is 6.73. The minimum absolute atomic E-state index is 0.169. The van der Waals surface area contributed by atoms with Crippen LogP contribution in [0, 0.1) is 6.92 Å². The second-order valence-corrected chi connectivity index (χ2v) is 26.5. The third-order valence-corrected chi connectivity index (χ3v) is 13.9. The summed E-state index contributed by atoms with van der Waals surface area (Å²) in [5.74, 6) is 0. The van der Waals surface area contributed by atoms with Gasteiger partial charge in [-0.3, -0.25) is 0 Å². The number of benzene rings is 3. The molecule has 0 bridgehead atoms. The second-order valence-electron chi connectivity index (χ2n) is 16.1. The first kappa shape index (κ1) is 33.6. The summed E-state index contributed by atoms with van der Waals surface area (Å²) in [6, 6.07) is 18.4. The van der Waals surface area contributed by atoms with Crippen LogP contribution in [0.25, 0.3) is 12.2 Å². The molecule has 0 amide bonds. The molecule has 3 aromatic rings. The fourth-order valence-electron chi connectivity index (χ4n) is 6.25. The zero-order valence-electron chi connectivity index (χ0n) is 29.1. The zero-order chi connectivity index (χ0) is 32.1. The van der Waals surface area contributed by atoms with Gasteiger partial charge >= 0.3 is 0 Å². The van der Waals surface area contributed by atoms with Gasteiger partial charge in [0, 0.05) is 5.69 Å². The third-order valence-electron chi connectivity index (χ3n) is 8.84. The summed E-state index contributed by atoms with van der Waals surface area (Å²) in [6.45, 7) is 29.7. The van der Waals surface area contributed by atoms with Crippen LogP contribution in [-0.2, 0) is 23.7 Å². The van der Waals surface area contributed by atoms with Crippen molar-refractivity contribution in [2.24, 2.45) is 0 Å². The van der Waals surface area contributed by atoms with Crippen LogP contribution in [0.4, 0.5) is 5.69 Å². The molecule has 0 radical (unpaired) electrons. The predicted octanol–water partition coefficient (Wildman–Crippen LogP) is 10.4. The number of hydrogen-bond donors (Lipinski definition) is 1. The van der Waals surface area contributed by atoms with Crippen molar-refractivity contribution in [3.05, 3.63) is 98.6 Å². The first-order chi connectivity index (χ1) is 19.6. The van der Waals surface area contributed by atoms with E-state index >= 15 is 0 Å². The monoisotopic (exact) mass is 627 g/mol. The van der Waals surface area contributed by atoms with Crippen molar-refractivity contribution in [1.29, 1.82) is 0 Å². The van der Waals surface area contributed by atoms with E-state index in [1.54, 1.807) is 10.8 Å². The second kappa shape index (κ2) is 11.9. The Balaban J connectivity index is 0.000000208. The Morgan fingerprint density at radius 3 is 1.47 bits per heavy atom. The summed E-state index contributed by atoms with van der Waals surface area (Å²) in [6.07, 6.45) is 6.88. The first-order valence-electron chi connectivity index (χ1n) is 15.9. The van der Waals surface area contributed by atoms with Crippen molar-refractivity contribution < 1.29 is 0 Å². The van der Waals surface area contributed by atoms with E-state index in [0.717, 1.165) is 12.8 Å². The average molecular weight is 628 g/mol. The molecule has 0 saturated carbocycles. The molecular weight excluding hydrogens is 574 g/mol. The normalized spacial score (nSPS) is 14.8. The van der Waals surface area contributed by atoms with E-state index in [-0.39, 0.29) is 10.8 Å². The Labute approximate surface area is 269 Å². The minimum Gasteiger partial charge on any atom is -0.407 e. The molecule has 4 heteroatoms. The largest absolute Gasteiger partial charge is 0.407 e. The highest BCUT2D eigenvalue weighted by molar-refractivity contribution is 7.26. The topological polar surface area (TPSA) is 12.0 Å². The van der Waals surface area contributed by atoms with Crippen molar-refractivity contribution >= 4 is 54.9 Å². The Bertz CT molecular complexity index is 1570. The molecule has 2 aliphatic rings. The molecule has 0 spiro atoms. The number of halogens is 1. The minimum atomic E-state index is -1.82. The van der Waals surface area contributed by atoms with Gasteiger partial charge in [0.25, 0.3) is 0 Å². The Hall–Kier alpha value is -2.34. The molecule has 230 valence electrons. The summed E-state index contributed by atoms with van der Waals surface area (Å²) < 4.78 is 0. The predicted molar refractivity (Wildman–Crippen MR) is 200 cm³/mol. The number of anilines is 1. The third kappa shape index (κ3) is 7.85. The lowest BCUT2D eigenvalue weighted by molar-refractivity contribution is 0.590. The van der Waals surface area contributed by atoms with E-state index in [1.807, 2.05) is 0 Å². The summed E-state index contributed by atoms with van der Waals surface area (Å²) in [4.78, 5) is 3.90. The smallest absolute Gasteiger partial charge is 0.181 e. The van der Waals surface area contributed by atoms with Gasteiger partial charge in [-0.15, -0.1) is 0 Å². The van der Waals surface area contributed by atoms with Gasteiger partial charge in [0.1, 0.15) is 0 Å². The maximum atomic E-state index is 6.73. The summed E-state index contributed by atoms with van der Waals surface area (Å²) in [5.41, 5.74) is 14.5. The number of nitrogens with one attached hydrogen (secondary N) is 1. The van der Waals surface area contributed by atoms with E-state index in [9.17, 15) is 0 Å². The van der Waals surface area contributed by atoms with Crippen molar-refractivity contribution in [2.45, 2.75) is 112 Å². The molecule has 0 aromatic heterocycles. The number of aryl methyl sites for hydroxylation is 1. The highest BCUT2D eigenvalue weighted by Crippen LogP contribution is 2.33. The SMILES string of the molecule is CC1=Cc2cc(C(C)(C)C)cc([Si](C)(C)Cl)c2C1.CC1=Cc2cc(C(C)(C)C)cc([Si](C)(C)Nc3ccc(C)cc3)c2C1.